The van der Waals surface area contributed by atoms with Gasteiger partial charge >= 0.3 is 12.1 Å². The largest absolute Gasteiger partial charge is 0.444 e. The summed E-state index contributed by atoms with van der Waals surface area (Å²) in [6, 6.07) is 7.09. The number of ether oxygens (including phenoxy) is 2. The van der Waals surface area contributed by atoms with Crippen LogP contribution in [0.3, 0.4) is 0 Å². The van der Waals surface area contributed by atoms with E-state index in [-0.39, 0.29) is 18.0 Å². The molecule has 5 rings (SSSR count). The maximum absolute atomic E-state index is 12.5. The van der Waals surface area contributed by atoms with Crippen LogP contribution in [0.5, 0.6) is 0 Å². The van der Waals surface area contributed by atoms with Crippen molar-refractivity contribution in [2.75, 3.05) is 56.7 Å². The fourth-order valence-electron chi connectivity index (χ4n) is 4.78. The molecule has 208 valence electrons. The SMILES string of the molecule is CNC(=O)Nc1ccc(-c2nc(N3CCOCC3)c3onc(C4CCN(C(=O)OC(C)(C)C)CC4)c3n2)cc1. The number of aromatic nitrogens is 3. The van der Waals surface area contributed by atoms with E-state index in [0.29, 0.717) is 67.8 Å². The minimum Gasteiger partial charge on any atom is -0.444 e. The lowest BCUT2D eigenvalue weighted by Gasteiger charge is -2.32. The Morgan fingerprint density at radius 1 is 1.03 bits per heavy atom. The first-order valence-electron chi connectivity index (χ1n) is 13.3. The molecule has 2 aliphatic heterocycles. The quantitative estimate of drug-likeness (QED) is 0.506. The summed E-state index contributed by atoms with van der Waals surface area (Å²) < 4.78 is 17.0. The molecule has 2 aliphatic rings. The van der Waals surface area contributed by atoms with Gasteiger partial charge in [-0.1, -0.05) is 5.16 Å². The molecule has 39 heavy (non-hydrogen) atoms. The first kappa shape index (κ1) is 26.7. The third-order valence-electron chi connectivity index (χ3n) is 6.80. The van der Waals surface area contributed by atoms with Crippen molar-refractivity contribution in [2.24, 2.45) is 0 Å². The molecule has 0 atom stereocenters. The van der Waals surface area contributed by atoms with Gasteiger partial charge in [-0.25, -0.2) is 19.6 Å². The van der Waals surface area contributed by atoms with Gasteiger partial charge in [-0.05, 0) is 57.9 Å². The van der Waals surface area contributed by atoms with E-state index in [9.17, 15) is 9.59 Å². The average molecular weight is 538 g/mol. The van der Waals surface area contributed by atoms with Gasteiger partial charge in [0, 0.05) is 50.4 Å². The van der Waals surface area contributed by atoms with Gasteiger partial charge in [0.25, 0.3) is 0 Å². The lowest BCUT2D eigenvalue weighted by molar-refractivity contribution is 0.0204. The van der Waals surface area contributed by atoms with E-state index < -0.39 is 5.60 Å². The smallest absolute Gasteiger partial charge is 0.410 e. The molecular formula is C27H35N7O5. The first-order chi connectivity index (χ1) is 18.7. The summed E-state index contributed by atoms with van der Waals surface area (Å²) in [4.78, 5) is 37.9. The van der Waals surface area contributed by atoms with Crippen LogP contribution >= 0.6 is 0 Å². The number of morpholine rings is 1. The van der Waals surface area contributed by atoms with Crippen molar-refractivity contribution in [1.82, 2.24) is 25.3 Å². The number of carbonyl (C=O) groups is 2. The molecule has 0 saturated carbocycles. The Hall–Kier alpha value is -3.93. The van der Waals surface area contributed by atoms with Crippen LogP contribution < -0.4 is 15.5 Å². The molecule has 0 radical (unpaired) electrons. The zero-order valence-corrected chi connectivity index (χ0v) is 22.8. The third-order valence-corrected chi connectivity index (χ3v) is 6.80. The average Bonchev–Trinajstić information content (AvgIpc) is 3.36. The molecule has 0 bridgehead atoms. The molecule has 2 saturated heterocycles. The summed E-state index contributed by atoms with van der Waals surface area (Å²) in [7, 11) is 1.57. The summed E-state index contributed by atoms with van der Waals surface area (Å²) >= 11 is 0. The Labute approximate surface area is 227 Å². The van der Waals surface area contributed by atoms with Crippen LogP contribution in [0.2, 0.25) is 0 Å². The molecule has 2 aromatic heterocycles. The molecule has 12 nitrogen and oxygen atoms in total. The monoisotopic (exact) mass is 537 g/mol. The third kappa shape index (κ3) is 6.06. The second-order valence-electron chi connectivity index (χ2n) is 10.7. The van der Waals surface area contributed by atoms with Crippen molar-refractivity contribution in [1.29, 1.82) is 0 Å². The number of carbonyl (C=O) groups excluding carboxylic acids is 2. The Morgan fingerprint density at radius 2 is 1.72 bits per heavy atom. The van der Waals surface area contributed by atoms with Crippen molar-refractivity contribution >= 4 is 34.7 Å². The fourth-order valence-corrected chi connectivity index (χ4v) is 4.78. The number of anilines is 2. The van der Waals surface area contributed by atoms with E-state index in [1.807, 2.05) is 45.0 Å². The zero-order chi connectivity index (χ0) is 27.6. The number of hydrogen-bond acceptors (Lipinski definition) is 9. The van der Waals surface area contributed by atoms with Crippen molar-refractivity contribution in [3.8, 4) is 11.4 Å². The standard InChI is InChI=1S/C27H35N7O5/c1-27(2,3)38-26(36)34-11-9-17(10-12-34)20-21-22(39-32-20)24(33-13-15-37-16-14-33)31-23(30-21)18-5-7-19(8-6-18)29-25(35)28-4/h5-8,17H,9-16H2,1-4H3,(H2,28,29,35). The van der Waals surface area contributed by atoms with E-state index >= 15 is 0 Å². The van der Waals surface area contributed by atoms with Gasteiger partial charge in [0.2, 0.25) is 5.58 Å². The first-order valence-corrected chi connectivity index (χ1v) is 13.3. The summed E-state index contributed by atoms with van der Waals surface area (Å²) in [6.45, 7) is 9.33. The van der Waals surface area contributed by atoms with Gasteiger partial charge in [0.15, 0.2) is 11.6 Å². The summed E-state index contributed by atoms with van der Waals surface area (Å²) in [5.41, 5.74) is 2.96. The van der Waals surface area contributed by atoms with E-state index in [0.717, 1.165) is 24.1 Å². The van der Waals surface area contributed by atoms with E-state index in [1.54, 1.807) is 11.9 Å². The van der Waals surface area contributed by atoms with Crippen LogP contribution in [0.15, 0.2) is 28.8 Å². The maximum Gasteiger partial charge on any atom is 0.410 e. The topological polar surface area (TPSA) is 135 Å². The van der Waals surface area contributed by atoms with E-state index in [4.69, 9.17) is 24.0 Å². The zero-order valence-electron chi connectivity index (χ0n) is 22.8. The van der Waals surface area contributed by atoms with Crippen LogP contribution in [-0.2, 0) is 9.47 Å². The van der Waals surface area contributed by atoms with Crippen LogP contribution in [-0.4, -0.2) is 84.2 Å². The highest BCUT2D eigenvalue weighted by Crippen LogP contribution is 2.36. The maximum atomic E-state index is 12.5. The van der Waals surface area contributed by atoms with Gasteiger partial charge < -0.3 is 34.4 Å². The highest BCUT2D eigenvalue weighted by Gasteiger charge is 2.32. The molecule has 0 unspecified atom stereocenters. The Kier molecular flexibility index (Phi) is 7.56. The number of piperidine rings is 1. The van der Waals surface area contributed by atoms with Gasteiger partial charge in [-0.15, -0.1) is 0 Å². The number of hydrogen-bond donors (Lipinski definition) is 2. The number of urea groups is 1. The molecule has 1 aromatic carbocycles. The summed E-state index contributed by atoms with van der Waals surface area (Å²) in [5.74, 6) is 1.33. The van der Waals surface area contributed by atoms with Gasteiger partial charge in [-0.2, -0.15) is 0 Å². The van der Waals surface area contributed by atoms with Gasteiger partial charge in [0.05, 0.1) is 13.2 Å². The molecule has 4 heterocycles. The number of nitrogens with one attached hydrogen (secondary N) is 2. The van der Waals surface area contributed by atoms with Gasteiger partial charge in [-0.3, -0.25) is 0 Å². The molecule has 3 amide bonds. The summed E-state index contributed by atoms with van der Waals surface area (Å²) in [5, 5.41) is 9.77. The van der Waals surface area contributed by atoms with Crippen molar-refractivity contribution in [3.05, 3.63) is 30.0 Å². The second kappa shape index (κ2) is 11.0. The number of rotatable bonds is 4. The predicted octanol–water partition coefficient (Wildman–Crippen LogP) is 3.99. The molecular weight excluding hydrogens is 502 g/mol. The Morgan fingerprint density at radius 3 is 2.36 bits per heavy atom. The predicted molar refractivity (Wildman–Crippen MR) is 146 cm³/mol. The van der Waals surface area contributed by atoms with Crippen LogP contribution in [0.4, 0.5) is 21.1 Å². The minimum atomic E-state index is -0.532. The fraction of sp³-hybridized carbons (Fsp3) is 0.519. The van der Waals surface area contributed by atoms with Crippen molar-refractivity contribution in [3.63, 3.8) is 0 Å². The Balaban J connectivity index is 1.44. The minimum absolute atomic E-state index is 0.0874. The summed E-state index contributed by atoms with van der Waals surface area (Å²) in [6.07, 6.45) is 1.17. The highest BCUT2D eigenvalue weighted by molar-refractivity contribution is 5.90. The van der Waals surface area contributed by atoms with Crippen LogP contribution in [0, 0.1) is 0 Å². The van der Waals surface area contributed by atoms with Crippen LogP contribution in [0.25, 0.3) is 22.5 Å². The van der Waals surface area contributed by atoms with Crippen LogP contribution in [0.1, 0.15) is 45.2 Å². The van der Waals surface area contributed by atoms with Gasteiger partial charge in [0.1, 0.15) is 16.8 Å². The second-order valence-corrected chi connectivity index (χ2v) is 10.7. The van der Waals surface area contributed by atoms with E-state index in [1.165, 1.54) is 0 Å². The lowest BCUT2D eigenvalue weighted by Crippen LogP contribution is -2.41. The van der Waals surface area contributed by atoms with Crippen molar-refractivity contribution in [2.45, 2.75) is 45.1 Å². The van der Waals surface area contributed by atoms with E-state index in [2.05, 4.69) is 20.7 Å². The highest BCUT2D eigenvalue weighted by atomic mass is 16.6. The molecule has 3 aromatic rings. The van der Waals surface area contributed by atoms with Crippen molar-refractivity contribution < 1.29 is 23.6 Å². The number of likely N-dealkylation sites (tertiary alicyclic amines) is 1. The normalized spacial score (nSPS) is 16.8. The molecule has 12 heteroatoms. The lowest BCUT2D eigenvalue weighted by atomic mass is 9.93. The Bertz CT molecular complexity index is 1320. The number of nitrogens with zero attached hydrogens (tertiary/aromatic N) is 5. The molecule has 2 fully saturated rings. The number of benzene rings is 1. The molecule has 0 aliphatic carbocycles. The molecule has 2 N–H and O–H groups in total. The number of fused-ring (bicyclic) bond motifs is 1. The number of amides is 3. The molecule has 0 spiro atoms.